The van der Waals surface area contributed by atoms with Gasteiger partial charge >= 0.3 is 6.03 Å². The molecule has 0 spiro atoms. The first-order valence-electron chi connectivity index (χ1n) is 10.9. The average Bonchev–Trinajstić information content (AvgIpc) is 2.89. The number of benzene rings is 2. The Kier molecular flexibility index (Phi) is 8.82. The van der Waals surface area contributed by atoms with Crippen LogP contribution in [-0.4, -0.2) is 43.1 Å². The molecule has 2 heterocycles. The zero-order valence-electron chi connectivity index (χ0n) is 19.8. The molecule has 0 saturated carbocycles. The lowest BCUT2D eigenvalue weighted by Crippen LogP contribution is -2.43. The quantitative estimate of drug-likeness (QED) is 0.384. The highest BCUT2D eigenvalue weighted by atomic mass is 16.6. The predicted octanol–water partition coefficient (Wildman–Crippen LogP) is 4.79. The molecule has 184 valence electrons. The number of aromatic nitrogens is 1. The van der Waals surface area contributed by atoms with Crippen LogP contribution in [0.15, 0.2) is 66.1 Å². The molecule has 1 aliphatic heterocycles. The van der Waals surface area contributed by atoms with Crippen LogP contribution < -0.4 is 24.4 Å². The van der Waals surface area contributed by atoms with Crippen molar-refractivity contribution in [2.45, 2.75) is 25.9 Å². The number of pyridine rings is 1. The maximum absolute atomic E-state index is 13.3. The zero-order chi connectivity index (χ0) is 25.2. The number of hydrogen-bond acceptors (Lipinski definition) is 7. The van der Waals surface area contributed by atoms with Gasteiger partial charge in [-0.05, 0) is 67.3 Å². The van der Waals surface area contributed by atoms with Crippen molar-refractivity contribution in [3.8, 4) is 17.2 Å². The fraction of sp³-hybridized carbons (Fsp3) is 0.280. The van der Waals surface area contributed by atoms with E-state index in [0.29, 0.717) is 23.8 Å². The topological polar surface area (TPSA) is 123 Å². The van der Waals surface area contributed by atoms with Gasteiger partial charge in [0.25, 0.3) is 0 Å². The third-order valence-electron chi connectivity index (χ3n) is 5.51. The van der Waals surface area contributed by atoms with Gasteiger partial charge in [-0.15, -0.1) is 4.91 Å². The number of amides is 2. The molecule has 4 rings (SSSR count). The summed E-state index contributed by atoms with van der Waals surface area (Å²) in [5, 5.41) is 10.9. The summed E-state index contributed by atoms with van der Waals surface area (Å²) in [5.74, 6) is 2.76. The minimum Gasteiger partial charge on any atom is -0.497 e. The molecule has 1 atom stereocenters. The fourth-order valence-corrected chi connectivity index (χ4v) is 3.80. The van der Waals surface area contributed by atoms with E-state index in [4.69, 9.17) is 24.3 Å². The van der Waals surface area contributed by atoms with E-state index in [1.165, 1.54) is 5.34 Å². The number of urea groups is 1. The number of fused-ring (bicyclic) bond motifs is 1. The second kappa shape index (κ2) is 12.2. The number of nitrogens with zero attached hydrogens (tertiary/aromatic N) is 3. The van der Waals surface area contributed by atoms with Crippen molar-refractivity contribution in [2.24, 2.45) is 5.34 Å². The Morgan fingerprint density at radius 2 is 1.91 bits per heavy atom. The molecule has 1 unspecified atom stereocenters. The number of nitrogens with one attached hydrogen (secondary N) is 1. The molecule has 0 bridgehead atoms. The van der Waals surface area contributed by atoms with Crippen LogP contribution in [0, 0.1) is 11.8 Å². The number of carbonyl (C=O) groups excluding carboxylic acids is 1. The molecule has 35 heavy (non-hydrogen) atoms. The fourth-order valence-electron chi connectivity index (χ4n) is 3.80. The van der Waals surface area contributed by atoms with E-state index in [2.05, 4.69) is 10.3 Å². The number of para-hydroxylation sites is 1. The highest BCUT2D eigenvalue weighted by molar-refractivity contribution is 5.99. The predicted molar refractivity (Wildman–Crippen MR) is 131 cm³/mol. The summed E-state index contributed by atoms with van der Waals surface area (Å²) in [5.41, 5.74) is 2.71. The Hall–Kier alpha value is -4.34. The molecule has 0 saturated heterocycles. The third-order valence-corrected chi connectivity index (χ3v) is 5.51. The summed E-state index contributed by atoms with van der Waals surface area (Å²) in [6.45, 7) is 2.30. The van der Waals surface area contributed by atoms with Crippen LogP contribution in [0.5, 0.6) is 17.2 Å². The van der Waals surface area contributed by atoms with Gasteiger partial charge in [0.15, 0.2) is 16.8 Å². The van der Waals surface area contributed by atoms with Crippen LogP contribution in [0.25, 0.3) is 0 Å². The Bertz CT molecular complexity index is 1120. The molecular formula is C25H28N4O6. The first-order valence-corrected chi connectivity index (χ1v) is 10.9. The van der Waals surface area contributed by atoms with Crippen molar-refractivity contribution in [1.29, 1.82) is 0 Å². The first kappa shape index (κ1) is 25.3. The van der Waals surface area contributed by atoms with E-state index in [1.807, 2.05) is 61.5 Å². The molecule has 2 N–H and O–H groups in total. The first-order chi connectivity index (χ1) is 17.0. The third kappa shape index (κ3) is 6.17. The number of carbonyl (C=O) groups is 1. The summed E-state index contributed by atoms with van der Waals surface area (Å²) < 4.78 is 16.8. The largest absolute Gasteiger partial charge is 0.497 e. The molecule has 10 heteroatoms. The zero-order valence-corrected chi connectivity index (χ0v) is 19.8. The Morgan fingerprint density at radius 1 is 1.17 bits per heavy atom. The average molecular weight is 481 g/mol. The van der Waals surface area contributed by atoms with Gasteiger partial charge in [0.1, 0.15) is 17.7 Å². The van der Waals surface area contributed by atoms with Gasteiger partial charge in [0.2, 0.25) is 0 Å². The smallest absolute Gasteiger partial charge is 0.327 e. The number of anilines is 2. The van der Waals surface area contributed by atoms with Crippen LogP contribution in [0.4, 0.5) is 16.3 Å². The molecule has 2 amide bonds. The van der Waals surface area contributed by atoms with Gasteiger partial charge in [0, 0.05) is 6.20 Å². The summed E-state index contributed by atoms with van der Waals surface area (Å²) >= 11 is 0. The Labute approximate surface area is 203 Å². The monoisotopic (exact) mass is 480 g/mol. The highest BCUT2D eigenvalue weighted by Gasteiger charge is 2.26. The Morgan fingerprint density at radius 3 is 2.57 bits per heavy atom. The van der Waals surface area contributed by atoms with Crippen molar-refractivity contribution < 1.29 is 24.2 Å². The maximum atomic E-state index is 13.3. The SMILES string of the molecule is COc1ccc(N(C(=O)NCC2CCc3cccc(OC)c3O2)c2ncccc2C)cc1.O=NO. The van der Waals surface area contributed by atoms with E-state index in [-0.39, 0.29) is 12.1 Å². The number of hydrogen-bond donors (Lipinski definition) is 2. The molecule has 0 fully saturated rings. The van der Waals surface area contributed by atoms with Crippen LogP contribution in [0.1, 0.15) is 17.5 Å². The minimum atomic E-state index is -0.272. The molecule has 3 aromatic rings. The molecular weight excluding hydrogens is 452 g/mol. The second-order valence-electron chi connectivity index (χ2n) is 7.67. The standard InChI is InChI=1S/C25H27N3O4.HNO2/c1-17-6-5-15-26-24(17)28(19-10-13-20(30-2)14-11-19)25(29)27-16-21-12-9-18-7-4-8-22(31-3)23(18)32-21;2-1-3/h4-8,10-11,13-15,21H,9,12,16H2,1-3H3,(H,27,29);(H,2,3). The highest BCUT2D eigenvalue weighted by Crippen LogP contribution is 2.36. The number of methoxy groups -OCH3 is 2. The van der Waals surface area contributed by atoms with E-state index < -0.39 is 0 Å². The second-order valence-corrected chi connectivity index (χ2v) is 7.67. The minimum absolute atomic E-state index is 0.148. The summed E-state index contributed by atoms with van der Waals surface area (Å²) in [7, 11) is 3.24. The Balaban J connectivity index is 0.00000108. The van der Waals surface area contributed by atoms with E-state index >= 15 is 0 Å². The molecule has 10 nitrogen and oxygen atoms in total. The van der Waals surface area contributed by atoms with Crippen molar-refractivity contribution in [3.05, 3.63) is 76.8 Å². The number of aryl methyl sites for hydroxylation is 2. The van der Waals surface area contributed by atoms with E-state index in [0.717, 1.165) is 35.5 Å². The van der Waals surface area contributed by atoms with Crippen LogP contribution in [0.3, 0.4) is 0 Å². The summed E-state index contributed by atoms with van der Waals surface area (Å²) in [6.07, 6.45) is 3.21. The van der Waals surface area contributed by atoms with Gasteiger partial charge < -0.3 is 24.7 Å². The van der Waals surface area contributed by atoms with Crippen molar-refractivity contribution in [3.63, 3.8) is 0 Å². The lowest BCUT2D eigenvalue weighted by Gasteiger charge is -2.29. The molecule has 1 aromatic heterocycles. The maximum Gasteiger partial charge on any atom is 0.327 e. The van der Waals surface area contributed by atoms with Gasteiger partial charge in [-0.1, -0.05) is 18.2 Å². The van der Waals surface area contributed by atoms with Crippen molar-refractivity contribution >= 4 is 17.5 Å². The lowest BCUT2D eigenvalue weighted by molar-refractivity contribution is 0.164. The van der Waals surface area contributed by atoms with Gasteiger partial charge in [-0.2, -0.15) is 0 Å². The van der Waals surface area contributed by atoms with Gasteiger partial charge in [-0.25, -0.2) is 14.7 Å². The molecule has 0 radical (unpaired) electrons. The number of ether oxygens (including phenoxy) is 3. The van der Waals surface area contributed by atoms with Gasteiger partial charge in [0.05, 0.1) is 26.5 Å². The van der Waals surface area contributed by atoms with E-state index in [9.17, 15) is 4.79 Å². The van der Waals surface area contributed by atoms with Crippen molar-refractivity contribution in [2.75, 3.05) is 25.7 Å². The summed E-state index contributed by atoms with van der Waals surface area (Å²) in [6, 6.07) is 16.7. The molecule has 1 aliphatic rings. The summed E-state index contributed by atoms with van der Waals surface area (Å²) in [4.78, 5) is 27.5. The van der Waals surface area contributed by atoms with Crippen LogP contribution in [0.2, 0.25) is 0 Å². The van der Waals surface area contributed by atoms with Crippen LogP contribution in [-0.2, 0) is 6.42 Å². The number of rotatable bonds is 6. The van der Waals surface area contributed by atoms with Gasteiger partial charge in [-0.3, -0.25) is 0 Å². The van der Waals surface area contributed by atoms with Crippen LogP contribution >= 0.6 is 0 Å². The molecule has 0 aliphatic carbocycles. The normalized spacial score (nSPS) is 13.7. The van der Waals surface area contributed by atoms with E-state index in [1.54, 1.807) is 25.3 Å². The molecule has 2 aromatic carbocycles. The lowest BCUT2D eigenvalue weighted by atomic mass is 10.0. The van der Waals surface area contributed by atoms with Crippen molar-refractivity contribution in [1.82, 2.24) is 10.3 Å².